The third kappa shape index (κ3) is 3.82. The van der Waals surface area contributed by atoms with Crippen LogP contribution >= 0.6 is 0 Å². The molecule has 0 spiro atoms. The molecule has 1 amide bonds. The highest BCUT2D eigenvalue weighted by molar-refractivity contribution is 5.99. The van der Waals surface area contributed by atoms with Gasteiger partial charge in [-0.1, -0.05) is 6.07 Å². The molecule has 2 fully saturated rings. The maximum absolute atomic E-state index is 13.9. The zero-order chi connectivity index (χ0) is 16.2. The number of benzene rings is 1. The van der Waals surface area contributed by atoms with Gasteiger partial charge in [0.15, 0.2) is 0 Å². The lowest BCUT2D eigenvalue weighted by molar-refractivity contribution is 0.0517. The first-order valence-electron chi connectivity index (χ1n) is 8.28. The summed E-state index contributed by atoms with van der Waals surface area (Å²) >= 11 is 0. The summed E-state index contributed by atoms with van der Waals surface area (Å²) in [5.41, 5.74) is 5.96. The number of rotatable bonds is 4. The predicted molar refractivity (Wildman–Crippen MR) is 87.1 cm³/mol. The van der Waals surface area contributed by atoms with Gasteiger partial charge in [-0.15, -0.1) is 0 Å². The molecular weight excluding hydrogens is 297 g/mol. The number of halogens is 1. The van der Waals surface area contributed by atoms with Gasteiger partial charge in [0.2, 0.25) is 0 Å². The number of nitrogens with zero attached hydrogens (tertiary/aromatic N) is 2. The highest BCUT2D eigenvalue weighted by Crippen LogP contribution is 2.25. The molecule has 0 unspecified atom stereocenters. The van der Waals surface area contributed by atoms with Crippen LogP contribution in [0.2, 0.25) is 0 Å². The van der Waals surface area contributed by atoms with Crippen molar-refractivity contribution in [2.45, 2.75) is 12.8 Å². The van der Waals surface area contributed by atoms with E-state index in [1.165, 1.54) is 6.07 Å². The van der Waals surface area contributed by atoms with Gasteiger partial charge in [-0.2, -0.15) is 0 Å². The molecule has 2 N–H and O–H groups in total. The van der Waals surface area contributed by atoms with E-state index in [1.54, 1.807) is 12.1 Å². The van der Waals surface area contributed by atoms with E-state index in [1.807, 2.05) is 0 Å². The van der Waals surface area contributed by atoms with Crippen LogP contribution < -0.4 is 10.6 Å². The van der Waals surface area contributed by atoms with Gasteiger partial charge < -0.3 is 15.4 Å². The van der Waals surface area contributed by atoms with Crippen LogP contribution in [0.25, 0.3) is 0 Å². The van der Waals surface area contributed by atoms with Crippen molar-refractivity contribution in [1.29, 1.82) is 0 Å². The minimum atomic E-state index is -0.706. The fourth-order valence-corrected chi connectivity index (χ4v) is 3.49. The van der Waals surface area contributed by atoms with Crippen LogP contribution in [-0.2, 0) is 4.74 Å². The Bertz CT molecular complexity index is 553. The molecule has 1 aromatic carbocycles. The van der Waals surface area contributed by atoms with Crippen LogP contribution in [0.3, 0.4) is 0 Å². The molecule has 2 aliphatic rings. The van der Waals surface area contributed by atoms with Crippen molar-refractivity contribution in [2.75, 3.05) is 50.8 Å². The van der Waals surface area contributed by atoms with Gasteiger partial charge in [-0.05, 0) is 30.9 Å². The van der Waals surface area contributed by atoms with Gasteiger partial charge in [-0.3, -0.25) is 9.69 Å². The van der Waals surface area contributed by atoms with Gasteiger partial charge in [0.25, 0.3) is 5.91 Å². The number of nitrogens with two attached hydrogens (primary N) is 1. The van der Waals surface area contributed by atoms with Crippen molar-refractivity contribution >= 4 is 11.6 Å². The summed E-state index contributed by atoms with van der Waals surface area (Å²) in [5, 5.41) is 0. The van der Waals surface area contributed by atoms with Gasteiger partial charge in [-0.25, -0.2) is 4.39 Å². The van der Waals surface area contributed by atoms with E-state index in [0.717, 1.165) is 58.8 Å². The molecule has 3 rings (SSSR count). The first kappa shape index (κ1) is 16.2. The second-order valence-corrected chi connectivity index (χ2v) is 6.34. The number of primary amides is 1. The molecule has 2 aliphatic heterocycles. The van der Waals surface area contributed by atoms with Crippen LogP contribution in [0.5, 0.6) is 0 Å². The topological polar surface area (TPSA) is 58.8 Å². The van der Waals surface area contributed by atoms with Crippen LogP contribution in [-0.4, -0.2) is 56.7 Å². The van der Waals surface area contributed by atoms with Crippen molar-refractivity contribution in [3.8, 4) is 0 Å². The number of anilines is 1. The van der Waals surface area contributed by atoms with Gasteiger partial charge >= 0.3 is 0 Å². The van der Waals surface area contributed by atoms with Crippen LogP contribution in [0.4, 0.5) is 10.1 Å². The van der Waals surface area contributed by atoms with Gasteiger partial charge in [0.1, 0.15) is 5.82 Å². The van der Waals surface area contributed by atoms with E-state index < -0.39 is 11.7 Å². The second kappa shape index (κ2) is 7.27. The van der Waals surface area contributed by atoms with Crippen molar-refractivity contribution in [2.24, 2.45) is 11.7 Å². The molecule has 5 nitrogen and oxygen atoms in total. The van der Waals surface area contributed by atoms with Crippen LogP contribution in [0.15, 0.2) is 18.2 Å². The van der Waals surface area contributed by atoms with Crippen molar-refractivity contribution in [3.05, 3.63) is 29.6 Å². The average molecular weight is 321 g/mol. The fourth-order valence-electron chi connectivity index (χ4n) is 3.49. The zero-order valence-electron chi connectivity index (χ0n) is 13.3. The number of carbonyl (C=O) groups is 1. The third-order valence-electron chi connectivity index (χ3n) is 4.81. The average Bonchev–Trinajstić information content (AvgIpc) is 2.56. The van der Waals surface area contributed by atoms with E-state index in [9.17, 15) is 9.18 Å². The molecule has 126 valence electrons. The van der Waals surface area contributed by atoms with Crippen LogP contribution in [0, 0.1) is 11.7 Å². The van der Waals surface area contributed by atoms with Crippen molar-refractivity contribution in [3.63, 3.8) is 0 Å². The lowest BCUT2D eigenvalue weighted by Crippen LogP contribution is -2.48. The molecule has 6 heteroatoms. The summed E-state index contributed by atoms with van der Waals surface area (Å²) < 4.78 is 19.3. The zero-order valence-corrected chi connectivity index (χ0v) is 13.3. The molecule has 23 heavy (non-hydrogen) atoms. The minimum absolute atomic E-state index is 0.00498. The highest BCUT2D eigenvalue weighted by Gasteiger charge is 2.24. The Hall–Kier alpha value is -1.66. The molecule has 0 radical (unpaired) electrons. The summed E-state index contributed by atoms with van der Waals surface area (Å²) in [5.74, 6) is -0.534. The Labute approximate surface area is 136 Å². The summed E-state index contributed by atoms with van der Waals surface area (Å²) in [6, 6.07) is 4.69. The first-order valence-corrected chi connectivity index (χ1v) is 8.28. The number of ether oxygens (including phenoxy) is 1. The van der Waals surface area contributed by atoms with E-state index >= 15 is 0 Å². The minimum Gasteiger partial charge on any atom is -0.381 e. The predicted octanol–water partition coefficient (Wildman–Crippen LogP) is 1.47. The highest BCUT2D eigenvalue weighted by atomic mass is 19.1. The molecule has 2 saturated heterocycles. The summed E-state index contributed by atoms with van der Waals surface area (Å²) in [7, 11) is 0. The molecule has 0 saturated carbocycles. The smallest absolute Gasteiger partial charge is 0.253 e. The second-order valence-electron chi connectivity index (χ2n) is 6.34. The number of hydrogen-bond acceptors (Lipinski definition) is 4. The Kier molecular flexibility index (Phi) is 5.13. The number of piperazine rings is 1. The molecule has 2 heterocycles. The van der Waals surface area contributed by atoms with E-state index in [2.05, 4.69) is 9.80 Å². The molecular formula is C17H24FN3O2. The molecule has 1 aromatic rings. The number of carbonyl (C=O) groups excluding carboxylic acids is 1. The summed E-state index contributed by atoms with van der Waals surface area (Å²) in [6.07, 6.45) is 2.27. The summed E-state index contributed by atoms with van der Waals surface area (Å²) in [4.78, 5) is 16.1. The quantitative estimate of drug-likeness (QED) is 0.912. The fraction of sp³-hybridized carbons (Fsp3) is 0.588. The van der Waals surface area contributed by atoms with Gasteiger partial charge in [0, 0.05) is 45.9 Å². The number of amides is 1. The SMILES string of the molecule is NC(=O)c1c(F)cccc1N1CCN(CC2CCOCC2)CC1. The van der Waals surface area contributed by atoms with Crippen LogP contribution in [0.1, 0.15) is 23.2 Å². The first-order chi connectivity index (χ1) is 11.1. The Morgan fingerprint density at radius 2 is 1.91 bits per heavy atom. The Morgan fingerprint density at radius 3 is 2.57 bits per heavy atom. The van der Waals surface area contributed by atoms with Gasteiger partial charge in [0.05, 0.1) is 11.3 Å². The van der Waals surface area contributed by atoms with E-state index in [-0.39, 0.29) is 5.56 Å². The Morgan fingerprint density at radius 1 is 1.22 bits per heavy atom. The lowest BCUT2D eigenvalue weighted by Gasteiger charge is -2.38. The molecule has 0 aromatic heterocycles. The largest absolute Gasteiger partial charge is 0.381 e. The maximum Gasteiger partial charge on any atom is 0.253 e. The monoisotopic (exact) mass is 321 g/mol. The standard InChI is InChI=1S/C17H24FN3O2/c18-14-2-1-3-15(16(14)17(19)22)21-8-6-20(7-9-21)12-13-4-10-23-11-5-13/h1-3,13H,4-12H2,(H2,19,22). The van der Waals surface area contributed by atoms with E-state index in [0.29, 0.717) is 11.6 Å². The number of hydrogen-bond donors (Lipinski definition) is 1. The van der Waals surface area contributed by atoms with Crippen molar-refractivity contribution < 1.29 is 13.9 Å². The van der Waals surface area contributed by atoms with Crippen molar-refractivity contribution in [1.82, 2.24) is 4.90 Å². The lowest BCUT2D eigenvalue weighted by atomic mass is 9.99. The van der Waals surface area contributed by atoms with E-state index in [4.69, 9.17) is 10.5 Å². The maximum atomic E-state index is 13.9. The molecule has 0 atom stereocenters. The Balaban J connectivity index is 1.61. The summed E-state index contributed by atoms with van der Waals surface area (Å²) in [6.45, 7) is 6.26. The normalized spacial score (nSPS) is 20.7. The molecule has 0 aliphatic carbocycles. The molecule has 0 bridgehead atoms. The third-order valence-corrected chi connectivity index (χ3v) is 4.81.